The van der Waals surface area contributed by atoms with Gasteiger partial charge in [0.2, 0.25) is 0 Å². The molecule has 4 heteroatoms. The van der Waals surface area contributed by atoms with Gasteiger partial charge in [-0.1, -0.05) is 0 Å². The Hall–Kier alpha value is -0.610. The third-order valence-electron chi connectivity index (χ3n) is 3.40. The fourth-order valence-corrected chi connectivity index (χ4v) is 2.31. The van der Waals surface area contributed by atoms with Crippen LogP contribution in [-0.2, 0) is 4.79 Å². The van der Waals surface area contributed by atoms with E-state index in [9.17, 15) is 4.79 Å². The Balaban J connectivity index is 1.76. The van der Waals surface area contributed by atoms with Crippen LogP contribution in [0.5, 0.6) is 0 Å². The molecule has 2 rings (SSSR count). The van der Waals surface area contributed by atoms with Crippen molar-refractivity contribution < 1.29 is 9.90 Å². The second-order valence-corrected chi connectivity index (χ2v) is 4.92. The van der Waals surface area contributed by atoms with Gasteiger partial charge in [-0.15, -0.1) is 0 Å². The summed E-state index contributed by atoms with van der Waals surface area (Å²) in [6.45, 7) is 6.52. The van der Waals surface area contributed by atoms with Crippen molar-refractivity contribution in [1.29, 1.82) is 0 Å². The molecule has 0 aromatic rings. The van der Waals surface area contributed by atoms with Crippen LogP contribution >= 0.6 is 0 Å². The minimum Gasteiger partial charge on any atom is -0.480 e. The number of carbonyl (C=O) groups is 1. The molecule has 1 saturated carbocycles. The average molecular weight is 212 g/mol. The minimum absolute atomic E-state index is 0.193. The van der Waals surface area contributed by atoms with E-state index < -0.39 is 5.97 Å². The molecule has 2 fully saturated rings. The van der Waals surface area contributed by atoms with Gasteiger partial charge < -0.3 is 10.0 Å². The molecule has 2 aliphatic rings. The highest BCUT2D eigenvalue weighted by Crippen LogP contribution is 2.30. The van der Waals surface area contributed by atoms with Gasteiger partial charge in [0.15, 0.2) is 0 Å². The van der Waals surface area contributed by atoms with Crippen molar-refractivity contribution in [2.75, 3.05) is 32.7 Å². The topological polar surface area (TPSA) is 43.8 Å². The Morgan fingerprint density at radius 3 is 2.67 bits per heavy atom. The van der Waals surface area contributed by atoms with Gasteiger partial charge >= 0.3 is 5.97 Å². The molecule has 15 heavy (non-hydrogen) atoms. The third-order valence-corrected chi connectivity index (χ3v) is 3.40. The molecule has 0 spiro atoms. The van der Waals surface area contributed by atoms with Crippen LogP contribution in [0.1, 0.15) is 19.8 Å². The lowest BCUT2D eigenvalue weighted by atomic mass is 10.2. The maximum Gasteiger partial charge on any atom is 0.317 e. The summed E-state index contributed by atoms with van der Waals surface area (Å²) < 4.78 is 0. The van der Waals surface area contributed by atoms with Crippen molar-refractivity contribution in [3.63, 3.8) is 0 Å². The molecule has 86 valence electrons. The third kappa shape index (κ3) is 3.18. The van der Waals surface area contributed by atoms with Gasteiger partial charge in [-0.2, -0.15) is 0 Å². The summed E-state index contributed by atoms with van der Waals surface area (Å²) in [5, 5.41) is 8.75. The van der Waals surface area contributed by atoms with Crippen LogP contribution in [-0.4, -0.2) is 59.6 Å². The molecule has 1 aliphatic heterocycles. The molecular weight excluding hydrogens is 192 g/mol. The van der Waals surface area contributed by atoms with Crippen molar-refractivity contribution in [2.24, 2.45) is 5.92 Å². The number of aliphatic carboxylic acids is 1. The maximum absolute atomic E-state index is 10.6. The number of piperazine rings is 1. The van der Waals surface area contributed by atoms with Crippen LogP contribution in [0.3, 0.4) is 0 Å². The summed E-state index contributed by atoms with van der Waals surface area (Å²) in [6, 6.07) is 0.383. The number of carboxylic acid groups (broad SMARTS) is 1. The zero-order valence-electron chi connectivity index (χ0n) is 9.35. The first-order chi connectivity index (χ1) is 7.15. The van der Waals surface area contributed by atoms with Crippen LogP contribution in [0, 0.1) is 5.92 Å². The lowest BCUT2D eigenvalue weighted by Gasteiger charge is -2.39. The van der Waals surface area contributed by atoms with Gasteiger partial charge in [-0.05, 0) is 25.7 Å². The fraction of sp³-hybridized carbons (Fsp3) is 0.909. The molecule has 4 nitrogen and oxygen atoms in total. The Kier molecular flexibility index (Phi) is 3.26. The molecule has 0 aromatic carbocycles. The molecule has 1 N–H and O–H groups in total. The van der Waals surface area contributed by atoms with Crippen molar-refractivity contribution >= 4 is 5.97 Å². The first kappa shape index (κ1) is 10.9. The maximum atomic E-state index is 10.6. The highest BCUT2D eigenvalue weighted by Gasteiger charge is 2.29. The highest BCUT2D eigenvalue weighted by atomic mass is 16.4. The molecule has 0 unspecified atom stereocenters. The summed E-state index contributed by atoms with van der Waals surface area (Å²) in [5.74, 6) is 0.223. The van der Waals surface area contributed by atoms with Gasteiger partial charge in [0.05, 0.1) is 6.54 Å². The van der Waals surface area contributed by atoms with Crippen LogP contribution in [0.15, 0.2) is 0 Å². The molecule has 1 heterocycles. The number of rotatable bonds is 4. The largest absolute Gasteiger partial charge is 0.480 e. The Morgan fingerprint density at radius 2 is 2.13 bits per heavy atom. The average Bonchev–Trinajstić information content (AvgIpc) is 2.93. The van der Waals surface area contributed by atoms with Gasteiger partial charge in [0, 0.05) is 32.2 Å². The van der Waals surface area contributed by atoms with Crippen LogP contribution in [0.4, 0.5) is 0 Å². The Bertz CT molecular complexity index is 241. The predicted octanol–water partition coefficient (Wildman–Crippen LogP) is 0.487. The Labute approximate surface area is 90.9 Å². The van der Waals surface area contributed by atoms with Crippen molar-refractivity contribution in [2.45, 2.75) is 25.8 Å². The second kappa shape index (κ2) is 4.49. The van der Waals surface area contributed by atoms with Gasteiger partial charge in [-0.3, -0.25) is 9.69 Å². The van der Waals surface area contributed by atoms with E-state index in [0.29, 0.717) is 6.04 Å². The quantitative estimate of drug-likeness (QED) is 0.736. The zero-order chi connectivity index (χ0) is 10.8. The van der Waals surface area contributed by atoms with E-state index in [2.05, 4.69) is 16.7 Å². The monoisotopic (exact) mass is 212 g/mol. The van der Waals surface area contributed by atoms with Crippen LogP contribution in [0.2, 0.25) is 0 Å². The molecule has 0 bridgehead atoms. The summed E-state index contributed by atoms with van der Waals surface area (Å²) >= 11 is 0. The molecule has 0 amide bonds. The lowest BCUT2D eigenvalue weighted by molar-refractivity contribution is -0.139. The lowest BCUT2D eigenvalue weighted by Crippen LogP contribution is -2.53. The number of hydrogen-bond acceptors (Lipinski definition) is 3. The summed E-state index contributed by atoms with van der Waals surface area (Å²) in [4.78, 5) is 15.2. The van der Waals surface area contributed by atoms with E-state index >= 15 is 0 Å². The van der Waals surface area contributed by atoms with Crippen LogP contribution < -0.4 is 0 Å². The van der Waals surface area contributed by atoms with E-state index in [1.807, 2.05) is 0 Å². The number of nitrogens with zero attached hydrogens (tertiary/aromatic N) is 2. The minimum atomic E-state index is -0.711. The SMILES string of the molecule is C[C@H]1CN(CC2CC2)CCN1CC(=O)O. The second-order valence-electron chi connectivity index (χ2n) is 4.92. The number of hydrogen-bond donors (Lipinski definition) is 1. The van der Waals surface area contributed by atoms with E-state index in [0.717, 1.165) is 25.6 Å². The zero-order valence-corrected chi connectivity index (χ0v) is 9.35. The molecule has 1 aliphatic carbocycles. The highest BCUT2D eigenvalue weighted by molar-refractivity contribution is 5.69. The molecule has 0 aromatic heterocycles. The summed E-state index contributed by atoms with van der Waals surface area (Å²) in [7, 11) is 0. The predicted molar refractivity (Wildman–Crippen MR) is 57.8 cm³/mol. The van der Waals surface area contributed by atoms with E-state index in [1.165, 1.54) is 19.4 Å². The smallest absolute Gasteiger partial charge is 0.317 e. The molecule has 1 atom stereocenters. The van der Waals surface area contributed by atoms with Crippen LogP contribution in [0.25, 0.3) is 0 Å². The first-order valence-electron chi connectivity index (χ1n) is 5.83. The molecule has 0 radical (unpaired) electrons. The molecular formula is C11H20N2O2. The van der Waals surface area contributed by atoms with E-state index in [1.54, 1.807) is 0 Å². The number of carboxylic acids is 1. The van der Waals surface area contributed by atoms with Crippen molar-refractivity contribution in [1.82, 2.24) is 9.80 Å². The summed E-state index contributed by atoms with van der Waals surface area (Å²) in [6.07, 6.45) is 2.79. The van der Waals surface area contributed by atoms with E-state index in [4.69, 9.17) is 5.11 Å². The standard InChI is InChI=1S/C11H20N2O2/c1-9-6-12(7-10-2-3-10)4-5-13(9)8-11(14)15/h9-10H,2-8H2,1H3,(H,14,15)/t9-/m0/s1. The molecule has 1 saturated heterocycles. The van der Waals surface area contributed by atoms with Gasteiger partial charge in [0.25, 0.3) is 0 Å². The van der Waals surface area contributed by atoms with Gasteiger partial charge in [0.1, 0.15) is 0 Å². The van der Waals surface area contributed by atoms with Crippen molar-refractivity contribution in [3.8, 4) is 0 Å². The summed E-state index contributed by atoms with van der Waals surface area (Å²) in [5.41, 5.74) is 0. The van der Waals surface area contributed by atoms with Crippen molar-refractivity contribution in [3.05, 3.63) is 0 Å². The fourth-order valence-electron chi connectivity index (χ4n) is 2.31. The van der Waals surface area contributed by atoms with Gasteiger partial charge in [-0.25, -0.2) is 0 Å². The Morgan fingerprint density at radius 1 is 1.40 bits per heavy atom. The normalized spacial score (nSPS) is 29.3. The van der Waals surface area contributed by atoms with E-state index in [-0.39, 0.29) is 6.54 Å². The first-order valence-corrected chi connectivity index (χ1v) is 5.83.